The monoisotopic (exact) mass is 387 g/mol. The molecule has 2 aliphatic heterocycles. The largest absolute Gasteiger partial charge is 0.480 e. The first-order valence-electron chi connectivity index (χ1n) is 9.54. The summed E-state index contributed by atoms with van der Waals surface area (Å²) in [5.74, 6) is -2.10. The Morgan fingerprint density at radius 2 is 1.93 bits per heavy atom. The van der Waals surface area contributed by atoms with Crippen LogP contribution in [0.2, 0.25) is 0 Å². The SMILES string of the molecule is CC[C@H](C)[C@H](NC(=O)CCN1C(=O)[C@@H]2Cc3ccccc3CN2C1=O)C(=O)O. The molecule has 8 heteroatoms. The fraction of sp³-hybridized carbons (Fsp3) is 0.500. The lowest BCUT2D eigenvalue weighted by Gasteiger charge is -2.28. The van der Waals surface area contributed by atoms with Gasteiger partial charge in [0.25, 0.3) is 5.91 Å². The summed E-state index contributed by atoms with van der Waals surface area (Å²) < 4.78 is 0. The Kier molecular flexibility index (Phi) is 5.67. The highest BCUT2D eigenvalue weighted by atomic mass is 16.4. The number of imide groups is 1. The summed E-state index contributed by atoms with van der Waals surface area (Å²) in [5, 5.41) is 11.8. The Hall–Kier alpha value is -2.90. The van der Waals surface area contributed by atoms with Crippen molar-refractivity contribution in [2.45, 2.75) is 51.7 Å². The number of carbonyl (C=O) groups is 4. The van der Waals surface area contributed by atoms with Crippen LogP contribution < -0.4 is 5.32 Å². The number of nitrogens with one attached hydrogen (secondary N) is 1. The van der Waals surface area contributed by atoms with Crippen LogP contribution in [-0.2, 0) is 27.3 Å². The standard InChI is InChI=1S/C20H25N3O5/c1-3-12(2)17(19(26)27)21-16(24)8-9-22-18(25)15-10-13-6-4-5-7-14(13)11-23(15)20(22)28/h4-7,12,15,17H,3,8-11H2,1-2H3,(H,21,24)(H,26,27)/t12-,15-,17-/m0/s1. The van der Waals surface area contributed by atoms with Crippen LogP contribution >= 0.6 is 0 Å². The molecule has 1 aromatic carbocycles. The molecule has 0 aromatic heterocycles. The van der Waals surface area contributed by atoms with Crippen molar-refractivity contribution in [2.24, 2.45) is 5.92 Å². The molecule has 4 amide bonds. The maximum absolute atomic E-state index is 12.7. The smallest absolute Gasteiger partial charge is 0.327 e. The van der Waals surface area contributed by atoms with E-state index in [4.69, 9.17) is 0 Å². The summed E-state index contributed by atoms with van der Waals surface area (Å²) in [6.07, 6.45) is 0.960. The van der Waals surface area contributed by atoms with E-state index in [-0.39, 0.29) is 24.8 Å². The van der Waals surface area contributed by atoms with Gasteiger partial charge in [-0.15, -0.1) is 0 Å². The first kappa shape index (κ1) is 19.9. The molecule has 2 N–H and O–H groups in total. The van der Waals surface area contributed by atoms with E-state index in [0.717, 1.165) is 16.0 Å². The molecular formula is C20H25N3O5. The number of carbonyl (C=O) groups excluding carboxylic acids is 3. The van der Waals surface area contributed by atoms with Crippen molar-refractivity contribution in [1.82, 2.24) is 15.1 Å². The van der Waals surface area contributed by atoms with Gasteiger partial charge in [-0.1, -0.05) is 44.5 Å². The minimum atomic E-state index is -1.09. The van der Waals surface area contributed by atoms with E-state index in [1.165, 1.54) is 0 Å². The van der Waals surface area contributed by atoms with Gasteiger partial charge in [0.15, 0.2) is 0 Å². The topological polar surface area (TPSA) is 107 Å². The van der Waals surface area contributed by atoms with Gasteiger partial charge < -0.3 is 15.3 Å². The van der Waals surface area contributed by atoms with Crippen molar-refractivity contribution in [3.63, 3.8) is 0 Å². The van der Waals surface area contributed by atoms with Crippen molar-refractivity contribution in [1.29, 1.82) is 0 Å². The lowest BCUT2D eigenvalue weighted by Crippen LogP contribution is -2.46. The van der Waals surface area contributed by atoms with Crippen LogP contribution in [0.3, 0.4) is 0 Å². The number of amides is 4. The van der Waals surface area contributed by atoms with Gasteiger partial charge in [-0.25, -0.2) is 9.59 Å². The van der Waals surface area contributed by atoms with E-state index in [1.807, 2.05) is 31.2 Å². The number of urea groups is 1. The summed E-state index contributed by atoms with van der Waals surface area (Å²) in [6.45, 7) is 3.92. The number of hydrogen-bond acceptors (Lipinski definition) is 4. The molecule has 3 atom stereocenters. The maximum Gasteiger partial charge on any atom is 0.327 e. The van der Waals surface area contributed by atoms with Crippen molar-refractivity contribution < 1.29 is 24.3 Å². The first-order chi connectivity index (χ1) is 13.3. The lowest BCUT2D eigenvalue weighted by atomic mass is 9.95. The molecule has 0 aliphatic carbocycles. The van der Waals surface area contributed by atoms with Crippen molar-refractivity contribution >= 4 is 23.8 Å². The van der Waals surface area contributed by atoms with Crippen LogP contribution in [0.1, 0.15) is 37.8 Å². The minimum Gasteiger partial charge on any atom is -0.480 e. The van der Waals surface area contributed by atoms with Gasteiger partial charge >= 0.3 is 12.0 Å². The lowest BCUT2D eigenvalue weighted by molar-refractivity contribution is -0.143. The summed E-state index contributed by atoms with van der Waals surface area (Å²) >= 11 is 0. The number of rotatable bonds is 7. The highest BCUT2D eigenvalue weighted by Crippen LogP contribution is 2.30. The third kappa shape index (κ3) is 3.72. The molecule has 150 valence electrons. The average Bonchev–Trinajstić information content (AvgIpc) is 2.91. The van der Waals surface area contributed by atoms with E-state index in [2.05, 4.69) is 5.32 Å². The highest BCUT2D eigenvalue weighted by molar-refractivity contribution is 6.05. The molecule has 0 radical (unpaired) electrons. The van der Waals surface area contributed by atoms with Crippen LogP contribution in [0.25, 0.3) is 0 Å². The molecule has 0 bridgehead atoms. The first-order valence-corrected chi connectivity index (χ1v) is 9.54. The van der Waals surface area contributed by atoms with Gasteiger partial charge in [0.2, 0.25) is 5.91 Å². The molecule has 2 heterocycles. The van der Waals surface area contributed by atoms with Crippen molar-refractivity contribution in [2.75, 3.05) is 6.54 Å². The Bertz CT molecular complexity index is 766. The Morgan fingerprint density at radius 1 is 1.25 bits per heavy atom. The van der Waals surface area contributed by atoms with Gasteiger partial charge in [-0.2, -0.15) is 0 Å². The van der Waals surface area contributed by atoms with Crippen molar-refractivity contribution in [3.8, 4) is 0 Å². The zero-order chi connectivity index (χ0) is 20.4. The van der Waals surface area contributed by atoms with Gasteiger partial charge in [0.05, 0.1) is 0 Å². The second kappa shape index (κ2) is 8.00. The van der Waals surface area contributed by atoms with E-state index in [0.29, 0.717) is 19.4 Å². The molecule has 8 nitrogen and oxygen atoms in total. The molecule has 0 saturated carbocycles. The Balaban J connectivity index is 1.61. The minimum absolute atomic E-state index is 0.0559. The van der Waals surface area contributed by atoms with Gasteiger partial charge in [0.1, 0.15) is 12.1 Å². The molecule has 0 spiro atoms. The van der Waals surface area contributed by atoms with E-state index in [9.17, 15) is 24.3 Å². The highest BCUT2D eigenvalue weighted by Gasteiger charge is 2.46. The van der Waals surface area contributed by atoms with Crippen LogP contribution in [0.4, 0.5) is 4.79 Å². The molecule has 28 heavy (non-hydrogen) atoms. The normalized spacial score (nSPS) is 20.4. The van der Waals surface area contributed by atoms with Crippen molar-refractivity contribution in [3.05, 3.63) is 35.4 Å². The summed E-state index contributed by atoms with van der Waals surface area (Å²) in [7, 11) is 0. The third-order valence-corrected chi connectivity index (χ3v) is 5.63. The number of carboxylic acid groups (broad SMARTS) is 1. The number of aliphatic carboxylic acids is 1. The zero-order valence-electron chi connectivity index (χ0n) is 16.1. The zero-order valence-corrected chi connectivity index (χ0v) is 16.1. The molecular weight excluding hydrogens is 362 g/mol. The van der Waals surface area contributed by atoms with Gasteiger partial charge in [-0.3, -0.25) is 14.5 Å². The Morgan fingerprint density at radius 3 is 2.57 bits per heavy atom. The van der Waals surface area contributed by atoms with E-state index in [1.54, 1.807) is 11.8 Å². The number of fused-ring (bicyclic) bond motifs is 2. The van der Waals surface area contributed by atoms with Gasteiger partial charge in [0, 0.05) is 25.9 Å². The van der Waals surface area contributed by atoms with E-state index < -0.39 is 30.0 Å². The fourth-order valence-electron chi connectivity index (χ4n) is 3.72. The van der Waals surface area contributed by atoms with Crippen LogP contribution in [0, 0.1) is 5.92 Å². The number of hydrogen-bond donors (Lipinski definition) is 2. The molecule has 0 unspecified atom stereocenters. The van der Waals surface area contributed by atoms with Crippen LogP contribution in [0.5, 0.6) is 0 Å². The predicted molar refractivity (Wildman–Crippen MR) is 100 cm³/mol. The van der Waals surface area contributed by atoms with Crippen LogP contribution in [-0.4, -0.2) is 57.3 Å². The quantitative estimate of drug-likeness (QED) is 0.688. The summed E-state index contributed by atoms with van der Waals surface area (Å²) in [4.78, 5) is 51.5. The molecule has 1 aromatic rings. The second-order valence-corrected chi connectivity index (χ2v) is 7.41. The number of nitrogens with zero attached hydrogens (tertiary/aromatic N) is 2. The maximum atomic E-state index is 12.7. The molecule has 3 rings (SSSR count). The molecule has 1 fully saturated rings. The second-order valence-electron chi connectivity index (χ2n) is 7.41. The fourth-order valence-corrected chi connectivity index (χ4v) is 3.72. The number of carboxylic acids is 1. The van der Waals surface area contributed by atoms with Crippen LogP contribution in [0.15, 0.2) is 24.3 Å². The average molecular weight is 387 g/mol. The Labute approximate surface area is 163 Å². The summed E-state index contributed by atoms with van der Waals surface area (Å²) in [5.41, 5.74) is 2.08. The number of benzene rings is 1. The summed E-state index contributed by atoms with van der Waals surface area (Å²) in [6, 6.07) is 5.81. The van der Waals surface area contributed by atoms with Gasteiger partial charge in [-0.05, 0) is 17.0 Å². The van der Waals surface area contributed by atoms with E-state index >= 15 is 0 Å². The molecule has 2 aliphatic rings. The predicted octanol–water partition coefficient (Wildman–Crippen LogP) is 1.38. The third-order valence-electron chi connectivity index (χ3n) is 5.63. The molecule has 1 saturated heterocycles.